The van der Waals surface area contributed by atoms with Crippen LogP contribution in [0.2, 0.25) is 0 Å². The molecule has 2 aliphatic rings. The Morgan fingerprint density at radius 2 is 1.62 bits per heavy atom. The first-order valence-corrected chi connectivity index (χ1v) is 14.5. The largest absolute Gasteiger partial charge is 0.486 e. The van der Waals surface area contributed by atoms with Crippen molar-refractivity contribution in [2.75, 3.05) is 24.1 Å². The van der Waals surface area contributed by atoms with Gasteiger partial charge in [-0.3, -0.25) is 9.10 Å². The Morgan fingerprint density at radius 3 is 2.31 bits per heavy atom. The molecule has 1 amide bonds. The Bertz CT molecular complexity index is 1490. The minimum absolute atomic E-state index is 0.156. The molecule has 206 valence electrons. The van der Waals surface area contributed by atoms with Crippen molar-refractivity contribution in [2.24, 2.45) is 0 Å². The third-order valence-corrected chi connectivity index (χ3v) is 8.81. The molecule has 3 aromatic carbocycles. The Hall–Kier alpha value is -3.72. The smallest absolute Gasteiger partial charge is 0.264 e. The summed E-state index contributed by atoms with van der Waals surface area (Å²) in [6.07, 6.45) is -1.04. The lowest BCUT2D eigenvalue weighted by Gasteiger charge is -2.36. The van der Waals surface area contributed by atoms with Gasteiger partial charge in [0.2, 0.25) is 0 Å². The lowest BCUT2D eigenvalue weighted by atomic mass is 9.86. The number of hydrogen-bond donors (Lipinski definition) is 1. The van der Waals surface area contributed by atoms with Gasteiger partial charge < -0.3 is 19.5 Å². The summed E-state index contributed by atoms with van der Waals surface area (Å²) in [5, 5.41) is 2.98. The number of ether oxygens (including phenoxy) is 3. The van der Waals surface area contributed by atoms with Crippen LogP contribution in [0.3, 0.4) is 0 Å². The molecule has 0 fully saturated rings. The molecular formula is C30H34N2O6S. The predicted molar refractivity (Wildman–Crippen MR) is 149 cm³/mol. The van der Waals surface area contributed by atoms with Crippen molar-refractivity contribution in [1.29, 1.82) is 0 Å². The summed E-state index contributed by atoms with van der Waals surface area (Å²) in [5.74, 6) is 1.24. The van der Waals surface area contributed by atoms with Gasteiger partial charge in [-0.05, 0) is 66.8 Å². The van der Waals surface area contributed by atoms with Crippen molar-refractivity contribution in [1.82, 2.24) is 5.32 Å². The third-order valence-electron chi connectivity index (χ3n) is 7.02. The summed E-state index contributed by atoms with van der Waals surface area (Å²) < 4.78 is 46.4. The van der Waals surface area contributed by atoms with Crippen molar-refractivity contribution in [3.05, 3.63) is 77.4 Å². The van der Waals surface area contributed by atoms with Crippen molar-refractivity contribution in [3.8, 4) is 17.2 Å². The van der Waals surface area contributed by atoms with E-state index in [0.29, 0.717) is 36.1 Å². The Balaban J connectivity index is 1.45. The number of carbonyl (C=O) groups excluding carboxylic acids is 1. The average molecular weight is 551 g/mol. The molecule has 2 atom stereocenters. The molecule has 0 unspecified atom stereocenters. The molecule has 0 radical (unpaired) electrons. The van der Waals surface area contributed by atoms with Crippen molar-refractivity contribution < 1.29 is 27.4 Å². The van der Waals surface area contributed by atoms with Crippen LogP contribution in [0.15, 0.2) is 65.6 Å². The normalized spacial score (nSPS) is 17.6. The molecular weight excluding hydrogens is 516 g/mol. The van der Waals surface area contributed by atoms with Gasteiger partial charge in [0.25, 0.3) is 15.9 Å². The topological polar surface area (TPSA) is 94.2 Å². The van der Waals surface area contributed by atoms with Gasteiger partial charge in [-0.1, -0.05) is 50.6 Å². The van der Waals surface area contributed by atoms with Crippen molar-refractivity contribution in [3.63, 3.8) is 0 Å². The number of rotatable bonds is 5. The van der Waals surface area contributed by atoms with Gasteiger partial charge in [-0.15, -0.1) is 0 Å². The van der Waals surface area contributed by atoms with Gasteiger partial charge in [0.05, 0.1) is 23.2 Å². The molecule has 9 heteroatoms. The highest BCUT2D eigenvalue weighted by Crippen LogP contribution is 2.40. The zero-order chi connectivity index (χ0) is 27.9. The van der Waals surface area contributed by atoms with Crippen LogP contribution in [0.1, 0.15) is 50.4 Å². The molecule has 0 bridgehead atoms. The first-order chi connectivity index (χ1) is 18.4. The molecule has 0 saturated carbocycles. The maximum Gasteiger partial charge on any atom is 0.264 e. The number of fused-ring (bicyclic) bond motifs is 2. The van der Waals surface area contributed by atoms with Crippen molar-refractivity contribution in [2.45, 2.75) is 57.1 Å². The number of carbonyl (C=O) groups is 1. The zero-order valence-corrected chi connectivity index (χ0v) is 23.7. The summed E-state index contributed by atoms with van der Waals surface area (Å²) in [6.45, 7) is 10.8. The molecule has 39 heavy (non-hydrogen) atoms. The monoisotopic (exact) mass is 550 g/mol. The number of benzene rings is 3. The van der Waals surface area contributed by atoms with E-state index in [9.17, 15) is 13.2 Å². The van der Waals surface area contributed by atoms with E-state index in [1.807, 2.05) is 44.2 Å². The number of sulfonamides is 1. The molecule has 0 spiro atoms. The maximum absolute atomic E-state index is 13.9. The number of amides is 1. The van der Waals surface area contributed by atoms with Gasteiger partial charge in [0, 0.05) is 0 Å². The molecule has 8 nitrogen and oxygen atoms in total. The average Bonchev–Trinajstić information content (AvgIpc) is 2.91. The maximum atomic E-state index is 13.9. The van der Waals surface area contributed by atoms with E-state index in [1.165, 1.54) is 4.31 Å². The van der Waals surface area contributed by atoms with E-state index in [-0.39, 0.29) is 22.9 Å². The second-order valence-corrected chi connectivity index (χ2v) is 12.9. The second-order valence-electron chi connectivity index (χ2n) is 11.0. The Labute approximate surface area is 229 Å². The molecule has 2 heterocycles. The fraction of sp³-hybridized carbons (Fsp3) is 0.367. The van der Waals surface area contributed by atoms with E-state index in [4.69, 9.17) is 14.2 Å². The van der Waals surface area contributed by atoms with Crippen LogP contribution >= 0.6 is 0 Å². The van der Waals surface area contributed by atoms with Crippen LogP contribution in [-0.2, 0) is 20.2 Å². The SMILES string of the molecule is Cc1ccc(S(=O)(=O)N2C[C@H](C(=O)N[C@H](C)c3ccc4c(c3)OCCO4)Oc3ccc(C(C)(C)C)cc32)cc1. The van der Waals surface area contributed by atoms with Gasteiger partial charge in [-0.2, -0.15) is 0 Å². The number of nitrogens with zero attached hydrogens (tertiary/aromatic N) is 1. The molecule has 5 rings (SSSR count). The van der Waals surface area contributed by atoms with E-state index in [1.54, 1.807) is 30.3 Å². The van der Waals surface area contributed by atoms with Crippen LogP contribution in [0.25, 0.3) is 0 Å². The number of anilines is 1. The fourth-order valence-electron chi connectivity index (χ4n) is 4.64. The second kappa shape index (κ2) is 10.1. The standard InChI is InChI=1S/C30H34N2O6S/c1-19-6-10-23(11-7-19)39(34,35)32-18-28(38-25-13-9-22(17-24(25)32)30(3,4)5)29(33)31-20(2)21-8-12-26-27(16-21)37-15-14-36-26/h6-13,16-17,20,28H,14-15,18H2,1-5H3,(H,31,33)/t20-,28-/m1/s1. The zero-order valence-electron chi connectivity index (χ0n) is 22.9. The number of aryl methyl sites for hydroxylation is 1. The summed E-state index contributed by atoms with van der Waals surface area (Å²) >= 11 is 0. The molecule has 0 aliphatic carbocycles. The quantitative estimate of drug-likeness (QED) is 0.486. The Kier molecular flexibility index (Phi) is 6.97. The van der Waals surface area contributed by atoms with Crippen LogP contribution < -0.4 is 23.8 Å². The molecule has 1 N–H and O–H groups in total. The number of hydrogen-bond acceptors (Lipinski definition) is 6. The summed E-state index contributed by atoms with van der Waals surface area (Å²) in [7, 11) is -3.97. The Morgan fingerprint density at radius 1 is 0.949 bits per heavy atom. The number of nitrogens with one attached hydrogen (secondary N) is 1. The minimum atomic E-state index is -3.97. The van der Waals surface area contributed by atoms with Gasteiger partial charge in [-0.25, -0.2) is 8.42 Å². The summed E-state index contributed by atoms with van der Waals surface area (Å²) in [4.78, 5) is 13.6. The first kappa shape index (κ1) is 26.9. The lowest BCUT2D eigenvalue weighted by Crippen LogP contribution is -2.51. The summed E-state index contributed by atoms with van der Waals surface area (Å²) in [6, 6.07) is 17.4. The highest BCUT2D eigenvalue weighted by atomic mass is 32.2. The predicted octanol–water partition coefficient (Wildman–Crippen LogP) is 4.90. The van der Waals surface area contributed by atoms with Crippen LogP contribution in [0, 0.1) is 6.92 Å². The lowest BCUT2D eigenvalue weighted by molar-refractivity contribution is -0.128. The third kappa shape index (κ3) is 5.41. The van der Waals surface area contributed by atoms with Crippen LogP contribution in [-0.4, -0.2) is 40.2 Å². The van der Waals surface area contributed by atoms with Gasteiger partial charge >= 0.3 is 0 Å². The van der Waals surface area contributed by atoms with Crippen molar-refractivity contribution >= 4 is 21.6 Å². The van der Waals surface area contributed by atoms with Gasteiger partial charge in [0.1, 0.15) is 19.0 Å². The minimum Gasteiger partial charge on any atom is -0.486 e. The molecule has 2 aliphatic heterocycles. The fourth-order valence-corrected chi connectivity index (χ4v) is 6.11. The summed E-state index contributed by atoms with van der Waals surface area (Å²) in [5.41, 5.74) is 2.97. The first-order valence-electron chi connectivity index (χ1n) is 13.0. The molecule has 0 aromatic heterocycles. The van der Waals surface area contributed by atoms with E-state index < -0.39 is 22.0 Å². The molecule has 3 aromatic rings. The highest BCUT2D eigenvalue weighted by Gasteiger charge is 2.38. The highest BCUT2D eigenvalue weighted by molar-refractivity contribution is 7.92. The van der Waals surface area contributed by atoms with Crippen LogP contribution in [0.4, 0.5) is 5.69 Å². The molecule has 0 saturated heterocycles. The van der Waals surface area contributed by atoms with Gasteiger partial charge in [0.15, 0.2) is 17.6 Å². The van der Waals surface area contributed by atoms with E-state index >= 15 is 0 Å². The van der Waals surface area contributed by atoms with E-state index in [2.05, 4.69) is 26.1 Å². The van der Waals surface area contributed by atoms with E-state index in [0.717, 1.165) is 16.7 Å². The van der Waals surface area contributed by atoms with Crippen LogP contribution in [0.5, 0.6) is 17.2 Å².